The number of aliphatic hydroxyl groups excluding tert-OH is 2. The summed E-state index contributed by atoms with van der Waals surface area (Å²) in [6.07, 6.45) is 3.85. The van der Waals surface area contributed by atoms with Gasteiger partial charge in [0, 0.05) is 24.1 Å². The fourth-order valence-corrected chi connectivity index (χ4v) is 3.57. The molecule has 4 unspecified atom stereocenters. The summed E-state index contributed by atoms with van der Waals surface area (Å²) in [4.78, 5) is 20.0. The van der Waals surface area contributed by atoms with E-state index in [-0.39, 0.29) is 18.0 Å². The highest BCUT2D eigenvalue weighted by Crippen LogP contribution is 2.28. The smallest absolute Gasteiger partial charge is 0.256 e. The Morgan fingerprint density at radius 2 is 2.10 bits per heavy atom. The molecule has 1 fully saturated rings. The van der Waals surface area contributed by atoms with Gasteiger partial charge in [0.2, 0.25) is 0 Å². The molecule has 0 spiro atoms. The van der Waals surface area contributed by atoms with Crippen LogP contribution in [0, 0.1) is 0 Å². The van der Waals surface area contributed by atoms with Crippen molar-refractivity contribution in [1.29, 1.82) is 0 Å². The highest BCUT2D eigenvalue weighted by Gasteiger charge is 2.42. The first-order valence-electron chi connectivity index (χ1n) is 6.82. The van der Waals surface area contributed by atoms with Gasteiger partial charge in [-0.05, 0) is 18.2 Å². The van der Waals surface area contributed by atoms with Crippen LogP contribution in [-0.4, -0.2) is 71.0 Å². The maximum absolute atomic E-state index is 11.7. The van der Waals surface area contributed by atoms with Crippen LogP contribution in [0.4, 0.5) is 0 Å². The van der Waals surface area contributed by atoms with E-state index < -0.39 is 18.2 Å². The van der Waals surface area contributed by atoms with E-state index in [2.05, 4.69) is 20.6 Å². The number of aliphatic imine (C=N–C) groups is 2. The molecular formula is C13H18N4O3S. The average Bonchev–Trinajstić information content (AvgIpc) is 2.99. The highest BCUT2D eigenvalue weighted by molar-refractivity contribution is 7.98. The standard InChI is InChI=1S/C13H18N4O3S/c1-21-4-8-12(19)11(18)7(17-8)2-6-3-14-10-9(6)15-5-16-13(10)20/h3,5,7-8,10-12,17-19H,2,4H2,1H3,(H,15,16,20)/t7?,8-,10?,11?,12?/m1/s1. The van der Waals surface area contributed by atoms with Gasteiger partial charge in [0.05, 0.1) is 24.2 Å². The van der Waals surface area contributed by atoms with Gasteiger partial charge in [0.15, 0.2) is 6.04 Å². The van der Waals surface area contributed by atoms with Crippen LogP contribution in [0.2, 0.25) is 0 Å². The largest absolute Gasteiger partial charge is 0.389 e. The van der Waals surface area contributed by atoms with Gasteiger partial charge in [-0.2, -0.15) is 11.8 Å². The first-order valence-corrected chi connectivity index (χ1v) is 8.21. The second-order valence-electron chi connectivity index (χ2n) is 5.38. The summed E-state index contributed by atoms with van der Waals surface area (Å²) < 4.78 is 0. The first kappa shape index (κ1) is 14.7. The lowest BCUT2D eigenvalue weighted by atomic mass is 9.99. The summed E-state index contributed by atoms with van der Waals surface area (Å²) in [6.45, 7) is 0. The zero-order valence-electron chi connectivity index (χ0n) is 11.6. The van der Waals surface area contributed by atoms with Gasteiger partial charge in [0.1, 0.15) is 0 Å². The van der Waals surface area contributed by atoms with Gasteiger partial charge in [-0.3, -0.25) is 9.79 Å². The number of carbonyl (C=O) groups is 1. The molecule has 0 aromatic rings. The van der Waals surface area contributed by atoms with Crippen LogP contribution in [0.15, 0.2) is 21.3 Å². The van der Waals surface area contributed by atoms with Crippen LogP contribution in [0.3, 0.4) is 0 Å². The van der Waals surface area contributed by atoms with E-state index in [1.54, 1.807) is 18.0 Å². The second kappa shape index (κ2) is 5.88. The van der Waals surface area contributed by atoms with E-state index in [4.69, 9.17) is 0 Å². The van der Waals surface area contributed by atoms with Crippen molar-refractivity contribution < 1.29 is 15.0 Å². The minimum Gasteiger partial charge on any atom is -0.389 e. The molecule has 21 heavy (non-hydrogen) atoms. The van der Waals surface area contributed by atoms with Gasteiger partial charge in [0.25, 0.3) is 5.91 Å². The Balaban J connectivity index is 1.74. The monoisotopic (exact) mass is 310 g/mol. The lowest BCUT2D eigenvalue weighted by Crippen LogP contribution is -2.37. The number of carbonyl (C=O) groups excluding carboxylic acids is 1. The number of hydrogen-bond donors (Lipinski definition) is 4. The number of amides is 1. The number of nitrogens with one attached hydrogen (secondary N) is 2. The van der Waals surface area contributed by atoms with Crippen molar-refractivity contribution >= 4 is 30.2 Å². The molecule has 0 saturated carbocycles. The number of rotatable bonds is 4. The van der Waals surface area contributed by atoms with Crippen LogP contribution >= 0.6 is 11.8 Å². The number of aliphatic hydroxyl groups is 2. The zero-order chi connectivity index (χ0) is 15.0. The molecule has 8 heteroatoms. The molecule has 3 rings (SSSR count). The van der Waals surface area contributed by atoms with Crippen molar-refractivity contribution in [3.8, 4) is 0 Å². The fourth-order valence-electron chi connectivity index (χ4n) is 2.91. The van der Waals surface area contributed by atoms with Crippen molar-refractivity contribution in [3.63, 3.8) is 0 Å². The predicted molar refractivity (Wildman–Crippen MR) is 81.7 cm³/mol. The third-order valence-electron chi connectivity index (χ3n) is 4.01. The summed E-state index contributed by atoms with van der Waals surface area (Å²) in [5.74, 6) is 0.546. The SMILES string of the molecule is CSC[C@H]1NC(CC2=C3N=CNC(=O)C3N=C2)C(O)C1O. The molecule has 3 heterocycles. The van der Waals surface area contributed by atoms with Gasteiger partial charge < -0.3 is 20.8 Å². The Labute approximate surface area is 126 Å². The fraction of sp³-hybridized carbons (Fsp3) is 0.615. The van der Waals surface area contributed by atoms with Crippen molar-refractivity contribution in [2.75, 3.05) is 12.0 Å². The predicted octanol–water partition coefficient (Wildman–Crippen LogP) is -1.33. The molecule has 3 aliphatic rings. The van der Waals surface area contributed by atoms with E-state index >= 15 is 0 Å². The number of hydrogen-bond acceptors (Lipinski definition) is 7. The van der Waals surface area contributed by atoms with Gasteiger partial charge in [-0.25, -0.2) is 4.99 Å². The molecule has 7 nitrogen and oxygen atoms in total. The molecule has 0 aromatic heterocycles. The maximum atomic E-state index is 11.7. The Morgan fingerprint density at radius 1 is 1.33 bits per heavy atom. The van der Waals surface area contributed by atoms with Crippen LogP contribution in [-0.2, 0) is 4.79 Å². The van der Waals surface area contributed by atoms with Crippen molar-refractivity contribution in [2.45, 2.75) is 36.8 Å². The molecule has 1 saturated heterocycles. The van der Waals surface area contributed by atoms with Crippen LogP contribution in [0.1, 0.15) is 6.42 Å². The van der Waals surface area contributed by atoms with E-state index in [9.17, 15) is 15.0 Å². The molecule has 4 N–H and O–H groups in total. The minimum atomic E-state index is -0.830. The summed E-state index contributed by atoms with van der Waals surface area (Å²) in [7, 11) is 0. The van der Waals surface area contributed by atoms with Crippen LogP contribution in [0.5, 0.6) is 0 Å². The molecule has 0 aliphatic carbocycles. The van der Waals surface area contributed by atoms with Gasteiger partial charge in [-0.15, -0.1) is 0 Å². The maximum Gasteiger partial charge on any atom is 0.256 e. The summed E-state index contributed by atoms with van der Waals surface area (Å²) in [6, 6.07) is -0.960. The van der Waals surface area contributed by atoms with Crippen molar-refractivity contribution in [2.24, 2.45) is 9.98 Å². The van der Waals surface area contributed by atoms with E-state index in [0.717, 1.165) is 11.3 Å². The second-order valence-corrected chi connectivity index (χ2v) is 6.29. The normalized spacial score (nSPS) is 38.0. The van der Waals surface area contributed by atoms with Crippen LogP contribution in [0.25, 0.3) is 0 Å². The quantitative estimate of drug-likeness (QED) is 0.515. The Kier molecular flexibility index (Phi) is 4.12. The molecule has 114 valence electrons. The highest BCUT2D eigenvalue weighted by atomic mass is 32.2. The summed E-state index contributed by atoms with van der Waals surface area (Å²) in [5, 5.41) is 26.0. The number of thioether (sulfide) groups is 1. The van der Waals surface area contributed by atoms with Crippen molar-refractivity contribution in [1.82, 2.24) is 10.6 Å². The molecule has 0 aromatic carbocycles. The van der Waals surface area contributed by atoms with Crippen LogP contribution < -0.4 is 10.6 Å². The number of nitrogens with zero attached hydrogens (tertiary/aromatic N) is 2. The molecular weight excluding hydrogens is 292 g/mol. The molecule has 3 aliphatic heterocycles. The van der Waals surface area contributed by atoms with Gasteiger partial charge >= 0.3 is 0 Å². The minimum absolute atomic E-state index is 0.127. The Hall–Kier alpha value is -1.22. The van der Waals surface area contributed by atoms with Gasteiger partial charge in [-0.1, -0.05) is 0 Å². The molecule has 5 atom stereocenters. The average molecular weight is 310 g/mol. The first-order chi connectivity index (χ1) is 10.1. The Morgan fingerprint density at radius 3 is 2.86 bits per heavy atom. The topological polar surface area (TPSA) is 106 Å². The lowest BCUT2D eigenvalue weighted by Gasteiger charge is -2.17. The molecule has 0 radical (unpaired) electrons. The molecule has 0 bridgehead atoms. The third kappa shape index (κ3) is 2.64. The lowest BCUT2D eigenvalue weighted by molar-refractivity contribution is -0.120. The zero-order valence-corrected chi connectivity index (χ0v) is 12.4. The van der Waals surface area contributed by atoms with Crippen molar-refractivity contribution in [3.05, 3.63) is 11.3 Å². The third-order valence-corrected chi connectivity index (χ3v) is 4.71. The van der Waals surface area contributed by atoms with E-state index in [0.29, 0.717) is 12.1 Å². The van der Waals surface area contributed by atoms with E-state index in [1.165, 1.54) is 6.34 Å². The van der Waals surface area contributed by atoms with E-state index in [1.807, 2.05) is 6.26 Å². The molecule has 1 amide bonds. The summed E-state index contributed by atoms with van der Waals surface area (Å²) in [5.41, 5.74) is 1.47. The number of fused-ring (bicyclic) bond motifs is 1. The Bertz CT molecular complexity index is 534. The summed E-state index contributed by atoms with van der Waals surface area (Å²) >= 11 is 1.62.